The molecule has 0 saturated carbocycles. The average molecular weight is 482 g/mol. The Labute approximate surface area is 199 Å². The van der Waals surface area contributed by atoms with Crippen LogP contribution in [0.4, 0.5) is 5.69 Å². The van der Waals surface area contributed by atoms with Gasteiger partial charge in [-0.2, -0.15) is 0 Å². The summed E-state index contributed by atoms with van der Waals surface area (Å²) >= 11 is 12.7. The number of Topliss-reactive ketones (excluding diaryl/α,β-unsaturated/α-hetero) is 1. The molecule has 1 saturated heterocycles. The average Bonchev–Trinajstić information content (AvgIpc) is 3.05. The van der Waals surface area contributed by atoms with Crippen molar-refractivity contribution < 1.29 is 24.6 Å². The van der Waals surface area contributed by atoms with Gasteiger partial charge in [-0.15, -0.1) is 0 Å². The van der Waals surface area contributed by atoms with Gasteiger partial charge in [-0.25, -0.2) is 0 Å². The molecule has 0 aliphatic carbocycles. The first-order valence-corrected chi connectivity index (χ1v) is 10.7. The van der Waals surface area contributed by atoms with E-state index < -0.39 is 29.5 Å². The van der Waals surface area contributed by atoms with Crippen molar-refractivity contribution in [1.82, 2.24) is 0 Å². The summed E-state index contributed by atoms with van der Waals surface area (Å²) < 4.78 is 0. The SMILES string of the molecule is O=C(O)Cc1ccc(N2C(=O)C(=O)C(=C(O)c3ccccc3Cl)[C@@H]2c2ccccc2Cl)cc1. The van der Waals surface area contributed by atoms with Gasteiger partial charge in [0.05, 0.1) is 23.1 Å². The largest absolute Gasteiger partial charge is 0.507 e. The van der Waals surface area contributed by atoms with E-state index in [1.165, 1.54) is 4.90 Å². The summed E-state index contributed by atoms with van der Waals surface area (Å²) in [6, 6.07) is 18.4. The molecule has 4 rings (SSSR count). The van der Waals surface area contributed by atoms with Crippen molar-refractivity contribution in [3.05, 3.63) is 105 Å². The number of halogens is 2. The summed E-state index contributed by atoms with van der Waals surface area (Å²) in [6.45, 7) is 0. The molecule has 33 heavy (non-hydrogen) atoms. The van der Waals surface area contributed by atoms with E-state index in [4.69, 9.17) is 28.3 Å². The molecule has 1 fully saturated rings. The first kappa shape index (κ1) is 22.6. The Morgan fingerprint density at radius 1 is 0.848 bits per heavy atom. The van der Waals surface area contributed by atoms with Crippen molar-refractivity contribution >= 4 is 52.3 Å². The lowest BCUT2D eigenvalue weighted by molar-refractivity contribution is -0.136. The minimum absolute atomic E-state index is 0.143. The van der Waals surface area contributed by atoms with Crippen molar-refractivity contribution in [1.29, 1.82) is 0 Å². The van der Waals surface area contributed by atoms with Gasteiger partial charge in [0.2, 0.25) is 0 Å². The van der Waals surface area contributed by atoms with Crippen LogP contribution in [0.15, 0.2) is 78.4 Å². The first-order chi connectivity index (χ1) is 15.8. The van der Waals surface area contributed by atoms with Gasteiger partial charge in [0.15, 0.2) is 0 Å². The summed E-state index contributed by atoms with van der Waals surface area (Å²) in [7, 11) is 0. The lowest BCUT2D eigenvalue weighted by Gasteiger charge is -2.26. The molecule has 0 radical (unpaired) electrons. The van der Waals surface area contributed by atoms with E-state index >= 15 is 0 Å². The van der Waals surface area contributed by atoms with Gasteiger partial charge in [0, 0.05) is 16.3 Å². The Balaban J connectivity index is 1.92. The number of carboxylic acids is 1. The third-order valence-corrected chi connectivity index (χ3v) is 6.02. The van der Waals surface area contributed by atoms with E-state index in [1.807, 2.05) is 0 Å². The number of aliphatic carboxylic acids is 1. The van der Waals surface area contributed by atoms with Crippen LogP contribution in [0.5, 0.6) is 0 Å². The monoisotopic (exact) mass is 481 g/mol. The lowest BCUT2D eigenvalue weighted by atomic mass is 9.95. The van der Waals surface area contributed by atoms with E-state index in [0.29, 0.717) is 21.8 Å². The van der Waals surface area contributed by atoms with Crippen LogP contribution >= 0.6 is 23.2 Å². The molecule has 3 aromatic carbocycles. The predicted octanol–water partition coefficient (Wildman–Crippen LogP) is 5.25. The number of rotatable bonds is 5. The zero-order chi connectivity index (χ0) is 23.7. The van der Waals surface area contributed by atoms with Gasteiger partial charge < -0.3 is 10.2 Å². The van der Waals surface area contributed by atoms with Crippen LogP contribution in [0.3, 0.4) is 0 Å². The van der Waals surface area contributed by atoms with Crippen LogP contribution in [0.2, 0.25) is 10.0 Å². The fraction of sp³-hybridized carbons (Fsp3) is 0.0800. The highest BCUT2D eigenvalue weighted by atomic mass is 35.5. The molecule has 0 bridgehead atoms. The van der Waals surface area contributed by atoms with E-state index in [9.17, 15) is 19.5 Å². The van der Waals surface area contributed by atoms with Crippen LogP contribution in [-0.2, 0) is 20.8 Å². The second-order valence-electron chi connectivity index (χ2n) is 7.41. The molecule has 1 heterocycles. The highest BCUT2D eigenvalue weighted by Gasteiger charge is 2.47. The maximum atomic E-state index is 13.2. The fourth-order valence-corrected chi connectivity index (χ4v) is 4.30. The Bertz CT molecular complexity index is 1300. The minimum atomic E-state index is -1.01. The van der Waals surface area contributed by atoms with Gasteiger partial charge >= 0.3 is 5.97 Å². The number of aliphatic hydroxyl groups is 1. The number of amides is 1. The molecule has 166 valence electrons. The molecular formula is C25H17Cl2NO5. The Hall–Kier alpha value is -3.61. The van der Waals surface area contributed by atoms with Crippen molar-refractivity contribution in [3.8, 4) is 0 Å². The summed E-state index contributed by atoms with van der Waals surface area (Å²) in [5.74, 6) is -3.13. The molecule has 0 spiro atoms. The fourth-order valence-electron chi connectivity index (χ4n) is 3.84. The summed E-state index contributed by atoms with van der Waals surface area (Å²) in [5, 5.41) is 20.6. The number of benzene rings is 3. The molecule has 1 aliphatic heterocycles. The molecule has 1 amide bonds. The van der Waals surface area contributed by atoms with E-state index in [-0.39, 0.29) is 22.6 Å². The number of nitrogens with zero attached hydrogens (tertiary/aromatic N) is 1. The smallest absolute Gasteiger partial charge is 0.307 e. The number of carbonyl (C=O) groups is 3. The highest BCUT2D eigenvalue weighted by molar-refractivity contribution is 6.52. The van der Waals surface area contributed by atoms with Crippen molar-refractivity contribution in [3.63, 3.8) is 0 Å². The second kappa shape index (κ2) is 9.10. The molecule has 2 N–H and O–H groups in total. The van der Waals surface area contributed by atoms with Gasteiger partial charge in [0.25, 0.3) is 11.7 Å². The number of hydrogen-bond donors (Lipinski definition) is 2. The number of carboxylic acid groups (broad SMARTS) is 1. The van der Waals surface area contributed by atoms with Crippen LogP contribution in [0.25, 0.3) is 5.76 Å². The minimum Gasteiger partial charge on any atom is -0.507 e. The van der Waals surface area contributed by atoms with Crippen LogP contribution < -0.4 is 4.90 Å². The Morgan fingerprint density at radius 3 is 2.06 bits per heavy atom. The standard InChI is InChI=1S/C25H17Cl2NO5/c26-18-7-3-1-5-16(18)22-21(23(31)17-6-2-4-8-19(17)27)24(32)25(33)28(22)15-11-9-14(10-12-15)13-20(29)30/h1-12,22,31H,13H2,(H,29,30)/t22-/m0/s1. The zero-order valence-corrected chi connectivity index (χ0v) is 18.5. The van der Waals surface area contributed by atoms with E-state index in [0.717, 1.165) is 0 Å². The normalized spacial score (nSPS) is 17.4. The number of ketones is 1. The Morgan fingerprint density at radius 2 is 1.45 bits per heavy atom. The number of aliphatic hydroxyl groups excluding tert-OH is 1. The molecule has 1 atom stereocenters. The van der Waals surface area contributed by atoms with Crippen LogP contribution in [0, 0.1) is 0 Å². The topological polar surface area (TPSA) is 94.9 Å². The van der Waals surface area contributed by atoms with Gasteiger partial charge in [0.1, 0.15) is 5.76 Å². The van der Waals surface area contributed by atoms with Crippen molar-refractivity contribution in [2.75, 3.05) is 4.90 Å². The summed E-state index contributed by atoms with van der Waals surface area (Å²) in [5.41, 5.74) is 1.41. The number of hydrogen-bond acceptors (Lipinski definition) is 4. The molecule has 8 heteroatoms. The Kier molecular flexibility index (Phi) is 6.22. The molecule has 0 aromatic heterocycles. The zero-order valence-electron chi connectivity index (χ0n) is 17.0. The number of carbonyl (C=O) groups excluding carboxylic acids is 2. The third kappa shape index (κ3) is 4.23. The highest BCUT2D eigenvalue weighted by Crippen LogP contribution is 2.44. The second-order valence-corrected chi connectivity index (χ2v) is 8.22. The molecule has 6 nitrogen and oxygen atoms in total. The molecule has 0 unspecified atom stereocenters. The summed E-state index contributed by atoms with van der Waals surface area (Å²) in [6.07, 6.45) is -0.181. The first-order valence-electron chi connectivity index (χ1n) is 9.90. The molecular weight excluding hydrogens is 465 g/mol. The molecule has 3 aromatic rings. The maximum Gasteiger partial charge on any atom is 0.307 e. The van der Waals surface area contributed by atoms with Gasteiger partial charge in [-0.05, 0) is 41.5 Å². The summed E-state index contributed by atoms with van der Waals surface area (Å²) in [4.78, 5) is 38.5. The lowest BCUT2D eigenvalue weighted by Crippen LogP contribution is -2.29. The maximum absolute atomic E-state index is 13.2. The van der Waals surface area contributed by atoms with Crippen LogP contribution in [0.1, 0.15) is 22.7 Å². The predicted molar refractivity (Wildman–Crippen MR) is 125 cm³/mol. The molecule has 1 aliphatic rings. The van der Waals surface area contributed by atoms with Crippen LogP contribution in [-0.4, -0.2) is 27.9 Å². The van der Waals surface area contributed by atoms with E-state index in [1.54, 1.807) is 72.8 Å². The van der Waals surface area contributed by atoms with Crippen molar-refractivity contribution in [2.24, 2.45) is 0 Å². The number of anilines is 1. The van der Waals surface area contributed by atoms with Gasteiger partial charge in [-0.3, -0.25) is 19.3 Å². The third-order valence-electron chi connectivity index (χ3n) is 5.34. The van der Waals surface area contributed by atoms with E-state index in [2.05, 4.69) is 0 Å². The van der Waals surface area contributed by atoms with Gasteiger partial charge in [-0.1, -0.05) is 65.7 Å². The van der Waals surface area contributed by atoms with Crippen molar-refractivity contribution in [2.45, 2.75) is 12.5 Å². The quantitative estimate of drug-likeness (QED) is 0.295.